The molecule has 0 saturated heterocycles. The molecular weight excluding hydrogens is 198 g/mol. The Balaban J connectivity index is 1.98. The van der Waals surface area contributed by atoms with Gasteiger partial charge in [0, 0.05) is 24.6 Å². The standard InChI is InChI=1S/C14H23NO/c1-4-14(2,3)10-15-12-6-5-7-13-11(12)8-9-16-13/h8-9,12,15H,4-7,10H2,1-3H3. The van der Waals surface area contributed by atoms with Crippen LogP contribution in [0.3, 0.4) is 0 Å². The molecule has 0 amide bonds. The average Bonchev–Trinajstić information content (AvgIpc) is 2.75. The van der Waals surface area contributed by atoms with E-state index < -0.39 is 0 Å². The van der Waals surface area contributed by atoms with Crippen molar-refractivity contribution in [3.05, 3.63) is 23.7 Å². The average molecular weight is 221 g/mol. The Morgan fingerprint density at radius 2 is 2.31 bits per heavy atom. The summed E-state index contributed by atoms with van der Waals surface area (Å²) in [5.74, 6) is 1.19. The molecule has 90 valence electrons. The third kappa shape index (κ3) is 2.49. The largest absolute Gasteiger partial charge is 0.469 e. The van der Waals surface area contributed by atoms with E-state index in [4.69, 9.17) is 4.42 Å². The van der Waals surface area contributed by atoms with Gasteiger partial charge >= 0.3 is 0 Å². The van der Waals surface area contributed by atoms with Gasteiger partial charge in [-0.3, -0.25) is 0 Å². The van der Waals surface area contributed by atoms with E-state index in [-0.39, 0.29) is 0 Å². The first kappa shape index (κ1) is 11.7. The van der Waals surface area contributed by atoms with Crippen molar-refractivity contribution in [2.24, 2.45) is 5.41 Å². The minimum absolute atomic E-state index is 0.390. The first-order valence-corrected chi connectivity index (χ1v) is 6.42. The van der Waals surface area contributed by atoms with E-state index in [1.165, 1.54) is 30.6 Å². The van der Waals surface area contributed by atoms with E-state index in [1.807, 2.05) is 6.26 Å². The lowest BCUT2D eigenvalue weighted by atomic mass is 9.88. The van der Waals surface area contributed by atoms with E-state index in [0.29, 0.717) is 11.5 Å². The number of rotatable bonds is 4. The Hall–Kier alpha value is -0.760. The molecule has 0 aliphatic heterocycles. The zero-order valence-electron chi connectivity index (χ0n) is 10.7. The number of furan rings is 1. The smallest absolute Gasteiger partial charge is 0.108 e. The van der Waals surface area contributed by atoms with Gasteiger partial charge in [0.1, 0.15) is 5.76 Å². The molecule has 1 atom stereocenters. The summed E-state index contributed by atoms with van der Waals surface area (Å²) in [6.07, 6.45) is 6.63. The third-order valence-electron chi connectivity index (χ3n) is 3.84. The van der Waals surface area contributed by atoms with Gasteiger partial charge in [0.25, 0.3) is 0 Å². The number of nitrogens with one attached hydrogen (secondary N) is 1. The highest BCUT2D eigenvalue weighted by Crippen LogP contribution is 2.31. The Bertz CT molecular complexity index is 340. The minimum atomic E-state index is 0.390. The van der Waals surface area contributed by atoms with Crippen LogP contribution in [-0.4, -0.2) is 6.54 Å². The topological polar surface area (TPSA) is 25.2 Å². The van der Waals surface area contributed by atoms with Gasteiger partial charge in [0.05, 0.1) is 6.26 Å². The predicted molar refractivity (Wildman–Crippen MR) is 66.5 cm³/mol. The van der Waals surface area contributed by atoms with Gasteiger partial charge in [-0.1, -0.05) is 20.8 Å². The van der Waals surface area contributed by atoms with Crippen LogP contribution in [0.25, 0.3) is 0 Å². The molecule has 2 nitrogen and oxygen atoms in total. The van der Waals surface area contributed by atoms with Crippen LogP contribution < -0.4 is 5.32 Å². The number of hydrogen-bond donors (Lipinski definition) is 1. The van der Waals surface area contributed by atoms with Gasteiger partial charge in [-0.2, -0.15) is 0 Å². The molecule has 1 aromatic heterocycles. The summed E-state index contributed by atoms with van der Waals surface area (Å²) in [5.41, 5.74) is 1.78. The summed E-state index contributed by atoms with van der Waals surface area (Å²) >= 11 is 0. The lowest BCUT2D eigenvalue weighted by Crippen LogP contribution is -2.33. The van der Waals surface area contributed by atoms with Gasteiger partial charge in [0.15, 0.2) is 0 Å². The van der Waals surface area contributed by atoms with Gasteiger partial charge in [-0.05, 0) is 30.7 Å². The summed E-state index contributed by atoms with van der Waals surface area (Å²) < 4.78 is 5.50. The first-order chi connectivity index (χ1) is 7.62. The molecule has 0 saturated carbocycles. The van der Waals surface area contributed by atoms with Crippen LogP contribution in [0.4, 0.5) is 0 Å². The van der Waals surface area contributed by atoms with Crippen molar-refractivity contribution in [2.75, 3.05) is 6.54 Å². The summed E-state index contributed by atoms with van der Waals surface area (Å²) in [7, 11) is 0. The second kappa shape index (κ2) is 4.62. The molecule has 0 bridgehead atoms. The van der Waals surface area contributed by atoms with Crippen LogP contribution in [0.15, 0.2) is 16.7 Å². The van der Waals surface area contributed by atoms with E-state index in [0.717, 1.165) is 13.0 Å². The second-order valence-electron chi connectivity index (χ2n) is 5.64. The van der Waals surface area contributed by atoms with Crippen molar-refractivity contribution in [1.29, 1.82) is 0 Å². The van der Waals surface area contributed by atoms with Crippen LogP contribution in [0.1, 0.15) is 57.4 Å². The summed E-state index contributed by atoms with van der Waals surface area (Å²) in [6.45, 7) is 7.98. The Morgan fingerprint density at radius 1 is 1.50 bits per heavy atom. The van der Waals surface area contributed by atoms with Gasteiger partial charge < -0.3 is 9.73 Å². The number of aryl methyl sites for hydroxylation is 1. The third-order valence-corrected chi connectivity index (χ3v) is 3.84. The van der Waals surface area contributed by atoms with Crippen LogP contribution in [0.2, 0.25) is 0 Å². The first-order valence-electron chi connectivity index (χ1n) is 6.42. The predicted octanol–water partition coefficient (Wildman–Crippen LogP) is 3.68. The van der Waals surface area contributed by atoms with Crippen molar-refractivity contribution < 1.29 is 4.42 Å². The zero-order chi connectivity index (χ0) is 11.6. The number of fused-ring (bicyclic) bond motifs is 1. The fraction of sp³-hybridized carbons (Fsp3) is 0.714. The maximum absolute atomic E-state index is 5.50. The highest BCUT2D eigenvalue weighted by atomic mass is 16.3. The highest BCUT2D eigenvalue weighted by molar-refractivity contribution is 5.24. The molecule has 0 aromatic carbocycles. The quantitative estimate of drug-likeness (QED) is 0.839. The Kier molecular flexibility index (Phi) is 3.38. The molecule has 2 rings (SSSR count). The molecule has 1 heterocycles. The van der Waals surface area contributed by atoms with Crippen LogP contribution in [-0.2, 0) is 6.42 Å². The van der Waals surface area contributed by atoms with Crippen molar-refractivity contribution in [3.63, 3.8) is 0 Å². The second-order valence-corrected chi connectivity index (χ2v) is 5.64. The summed E-state index contributed by atoms with van der Waals surface area (Å²) in [5, 5.41) is 3.70. The van der Waals surface area contributed by atoms with Crippen LogP contribution in [0, 0.1) is 5.41 Å². The fourth-order valence-electron chi connectivity index (χ4n) is 2.22. The highest BCUT2D eigenvalue weighted by Gasteiger charge is 2.24. The molecule has 16 heavy (non-hydrogen) atoms. The molecule has 1 aliphatic rings. The molecule has 0 radical (unpaired) electrons. The molecule has 0 fully saturated rings. The van der Waals surface area contributed by atoms with E-state index in [9.17, 15) is 0 Å². The maximum atomic E-state index is 5.50. The van der Waals surface area contributed by atoms with Crippen LogP contribution in [0.5, 0.6) is 0 Å². The Labute approximate surface area is 98.4 Å². The monoisotopic (exact) mass is 221 g/mol. The molecule has 1 N–H and O–H groups in total. The molecule has 0 spiro atoms. The van der Waals surface area contributed by atoms with Crippen LogP contribution >= 0.6 is 0 Å². The van der Waals surface area contributed by atoms with Gasteiger partial charge in [0.2, 0.25) is 0 Å². The zero-order valence-corrected chi connectivity index (χ0v) is 10.7. The summed E-state index contributed by atoms with van der Waals surface area (Å²) in [4.78, 5) is 0. The molecule has 1 aromatic rings. The lowest BCUT2D eigenvalue weighted by Gasteiger charge is -2.29. The van der Waals surface area contributed by atoms with Gasteiger partial charge in [-0.15, -0.1) is 0 Å². The van der Waals surface area contributed by atoms with E-state index >= 15 is 0 Å². The van der Waals surface area contributed by atoms with E-state index in [2.05, 4.69) is 32.2 Å². The van der Waals surface area contributed by atoms with Crippen molar-refractivity contribution in [3.8, 4) is 0 Å². The number of hydrogen-bond acceptors (Lipinski definition) is 2. The lowest BCUT2D eigenvalue weighted by molar-refractivity contribution is 0.296. The SMILES string of the molecule is CCC(C)(C)CNC1CCCc2occc21. The summed E-state index contributed by atoms with van der Waals surface area (Å²) in [6, 6.07) is 2.64. The van der Waals surface area contributed by atoms with E-state index in [1.54, 1.807) is 0 Å². The fourth-order valence-corrected chi connectivity index (χ4v) is 2.22. The molecule has 1 aliphatic carbocycles. The molecule has 1 unspecified atom stereocenters. The minimum Gasteiger partial charge on any atom is -0.469 e. The maximum Gasteiger partial charge on any atom is 0.108 e. The van der Waals surface area contributed by atoms with Gasteiger partial charge in [-0.25, -0.2) is 0 Å². The van der Waals surface area contributed by atoms with Crippen molar-refractivity contribution >= 4 is 0 Å². The Morgan fingerprint density at radius 3 is 3.06 bits per heavy atom. The van der Waals surface area contributed by atoms with Crippen molar-refractivity contribution in [2.45, 2.75) is 52.5 Å². The normalized spacial score (nSPS) is 20.8. The van der Waals surface area contributed by atoms with Crippen molar-refractivity contribution in [1.82, 2.24) is 5.32 Å². The molecular formula is C14H23NO. The molecule has 2 heteroatoms.